The van der Waals surface area contributed by atoms with Crippen molar-refractivity contribution in [3.8, 4) is 0 Å². The van der Waals surface area contributed by atoms with Gasteiger partial charge in [-0.15, -0.1) is 0 Å². The predicted molar refractivity (Wildman–Crippen MR) is 44.0 cm³/mol. The van der Waals surface area contributed by atoms with Gasteiger partial charge in [-0.1, -0.05) is 0 Å². The lowest BCUT2D eigenvalue weighted by molar-refractivity contribution is 0.186. The molecule has 68 valence electrons. The third kappa shape index (κ3) is 1.53. The lowest BCUT2D eigenvalue weighted by atomic mass is 9.98. The highest BCUT2D eigenvalue weighted by molar-refractivity contribution is 5.65. The van der Waals surface area contributed by atoms with Crippen LogP contribution in [0.1, 0.15) is 12.8 Å². The van der Waals surface area contributed by atoms with E-state index in [-0.39, 0.29) is 6.04 Å². The Balaban J connectivity index is 1.89. The van der Waals surface area contributed by atoms with Gasteiger partial charge in [0.25, 0.3) is 0 Å². The Hall–Kier alpha value is -0.770. The van der Waals surface area contributed by atoms with Crippen molar-refractivity contribution in [3.63, 3.8) is 0 Å². The van der Waals surface area contributed by atoms with E-state index in [1.54, 1.807) is 0 Å². The van der Waals surface area contributed by atoms with Gasteiger partial charge in [0.1, 0.15) is 0 Å². The Morgan fingerprint density at radius 3 is 2.75 bits per heavy atom. The molecule has 12 heavy (non-hydrogen) atoms. The van der Waals surface area contributed by atoms with Crippen LogP contribution in [0.2, 0.25) is 0 Å². The summed E-state index contributed by atoms with van der Waals surface area (Å²) in [4.78, 5) is 10.4. The van der Waals surface area contributed by atoms with Crippen molar-refractivity contribution in [2.45, 2.75) is 18.9 Å². The summed E-state index contributed by atoms with van der Waals surface area (Å²) in [6.07, 6.45) is 1.67. The van der Waals surface area contributed by atoms with Crippen molar-refractivity contribution in [2.24, 2.45) is 11.8 Å². The molecular weight excluding hydrogens is 156 g/mol. The number of nitrogens with one attached hydrogen (secondary N) is 2. The molecule has 4 heteroatoms. The standard InChI is InChI=1S/C8H14N2O2/c11-8(12)10-7-4-9-3-6(7)5-1-2-5/h5-7,9-10H,1-4H2,(H,11,12)/t6-,7+/m1/s1. The number of carbonyl (C=O) groups is 1. The molecule has 0 aromatic heterocycles. The molecule has 2 atom stereocenters. The first-order valence-electron chi connectivity index (χ1n) is 4.47. The van der Waals surface area contributed by atoms with E-state index in [1.807, 2.05) is 0 Å². The average Bonchev–Trinajstić information content (AvgIpc) is 2.73. The molecule has 2 aliphatic rings. The van der Waals surface area contributed by atoms with Crippen LogP contribution in [0.25, 0.3) is 0 Å². The third-order valence-corrected chi connectivity index (χ3v) is 2.80. The molecule has 4 nitrogen and oxygen atoms in total. The van der Waals surface area contributed by atoms with Gasteiger partial charge in [0, 0.05) is 19.1 Å². The van der Waals surface area contributed by atoms with Gasteiger partial charge < -0.3 is 15.7 Å². The normalized spacial score (nSPS) is 35.0. The second-order valence-corrected chi connectivity index (χ2v) is 3.72. The van der Waals surface area contributed by atoms with E-state index in [0.29, 0.717) is 5.92 Å². The summed E-state index contributed by atoms with van der Waals surface area (Å²) < 4.78 is 0. The van der Waals surface area contributed by atoms with Crippen LogP contribution in [0.5, 0.6) is 0 Å². The van der Waals surface area contributed by atoms with E-state index in [2.05, 4.69) is 10.6 Å². The number of hydrogen-bond donors (Lipinski definition) is 3. The zero-order chi connectivity index (χ0) is 8.55. The fraction of sp³-hybridized carbons (Fsp3) is 0.875. The van der Waals surface area contributed by atoms with E-state index in [9.17, 15) is 4.79 Å². The Morgan fingerprint density at radius 1 is 1.42 bits per heavy atom. The molecule has 1 saturated heterocycles. The van der Waals surface area contributed by atoms with E-state index < -0.39 is 6.09 Å². The molecule has 3 N–H and O–H groups in total. The van der Waals surface area contributed by atoms with E-state index >= 15 is 0 Å². The van der Waals surface area contributed by atoms with Crippen LogP contribution in [-0.4, -0.2) is 30.3 Å². The summed E-state index contributed by atoms with van der Waals surface area (Å²) in [5.41, 5.74) is 0. The van der Waals surface area contributed by atoms with E-state index in [1.165, 1.54) is 12.8 Å². The largest absolute Gasteiger partial charge is 0.465 e. The van der Waals surface area contributed by atoms with Gasteiger partial charge in [-0.2, -0.15) is 0 Å². The maximum Gasteiger partial charge on any atom is 0.404 e. The summed E-state index contributed by atoms with van der Waals surface area (Å²) in [5, 5.41) is 14.3. The molecule has 0 radical (unpaired) electrons. The maximum atomic E-state index is 10.4. The molecule has 1 amide bonds. The lowest BCUT2D eigenvalue weighted by Crippen LogP contribution is -2.40. The first kappa shape index (κ1) is 7.86. The summed E-state index contributed by atoms with van der Waals surface area (Å²) in [7, 11) is 0. The Bertz CT molecular complexity index is 191. The minimum Gasteiger partial charge on any atom is -0.465 e. The van der Waals surface area contributed by atoms with Crippen LogP contribution in [-0.2, 0) is 0 Å². The molecule has 1 heterocycles. The third-order valence-electron chi connectivity index (χ3n) is 2.80. The fourth-order valence-corrected chi connectivity index (χ4v) is 2.04. The molecule has 0 bridgehead atoms. The summed E-state index contributed by atoms with van der Waals surface area (Å²) in [5.74, 6) is 1.32. The number of amides is 1. The van der Waals surface area contributed by atoms with Gasteiger partial charge in [0.15, 0.2) is 0 Å². The number of rotatable bonds is 2. The quantitative estimate of drug-likeness (QED) is 0.556. The first-order chi connectivity index (χ1) is 5.77. The van der Waals surface area contributed by atoms with Gasteiger partial charge in [-0.05, 0) is 24.7 Å². The monoisotopic (exact) mass is 170 g/mol. The molecule has 1 saturated carbocycles. The second kappa shape index (κ2) is 2.94. The predicted octanol–water partition coefficient (Wildman–Crippen LogP) is 0.252. The van der Waals surface area contributed by atoms with Crippen molar-refractivity contribution in [3.05, 3.63) is 0 Å². The Morgan fingerprint density at radius 2 is 2.17 bits per heavy atom. The number of carboxylic acid groups (broad SMARTS) is 1. The molecule has 0 spiro atoms. The zero-order valence-corrected chi connectivity index (χ0v) is 6.92. The summed E-state index contributed by atoms with van der Waals surface area (Å²) in [6.45, 7) is 1.78. The second-order valence-electron chi connectivity index (χ2n) is 3.72. The fourth-order valence-electron chi connectivity index (χ4n) is 2.04. The Kier molecular flexibility index (Phi) is 1.92. The molecule has 2 rings (SSSR count). The van der Waals surface area contributed by atoms with Crippen molar-refractivity contribution in [1.29, 1.82) is 0 Å². The highest BCUT2D eigenvalue weighted by Crippen LogP contribution is 2.39. The van der Waals surface area contributed by atoms with Gasteiger partial charge in [-0.25, -0.2) is 4.79 Å². The van der Waals surface area contributed by atoms with Crippen LogP contribution >= 0.6 is 0 Å². The molecule has 0 aromatic carbocycles. The number of hydrogen-bond acceptors (Lipinski definition) is 2. The van der Waals surface area contributed by atoms with Crippen LogP contribution in [0.3, 0.4) is 0 Å². The van der Waals surface area contributed by atoms with Crippen molar-refractivity contribution >= 4 is 6.09 Å². The van der Waals surface area contributed by atoms with E-state index in [0.717, 1.165) is 19.0 Å². The zero-order valence-electron chi connectivity index (χ0n) is 6.92. The van der Waals surface area contributed by atoms with Crippen molar-refractivity contribution < 1.29 is 9.90 Å². The topological polar surface area (TPSA) is 61.4 Å². The smallest absolute Gasteiger partial charge is 0.404 e. The molecule has 1 aliphatic carbocycles. The van der Waals surface area contributed by atoms with Crippen LogP contribution < -0.4 is 10.6 Å². The first-order valence-corrected chi connectivity index (χ1v) is 4.47. The highest BCUT2D eigenvalue weighted by atomic mass is 16.4. The molecular formula is C8H14N2O2. The molecule has 0 aromatic rings. The highest BCUT2D eigenvalue weighted by Gasteiger charge is 2.39. The van der Waals surface area contributed by atoms with Crippen LogP contribution in [0.15, 0.2) is 0 Å². The van der Waals surface area contributed by atoms with Crippen LogP contribution in [0, 0.1) is 11.8 Å². The molecule has 2 fully saturated rings. The van der Waals surface area contributed by atoms with Gasteiger partial charge in [0.2, 0.25) is 0 Å². The van der Waals surface area contributed by atoms with Gasteiger partial charge >= 0.3 is 6.09 Å². The summed E-state index contributed by atoms with van der Waals surface area (Å²) >= 11 is 0. The molecule has 1 aliphatic heterocycles. The van der Waals surface area contributed by atoms with E-state index in [4.69, 9.17) is 5.11 Å². The van der Waals surface area contributed by atoms with Gasteiger partial charge in [0.05, 0.1) is 0 Å². The van der Waals surface area contributed by atoms with Crippen molar-refractivity contribution in [1.82, 2.24) is 10.6 Å². The maximum absolute atomic E-state index is 10.4. The lowest BCUT2D eigenvalue weighted by Gasteiger charge is -2.17. The molecule has 0 unspecified atom stereocenters. The van der Waals surface area contributed by atoms with Crippen LogP contribution in [0.4, 0.5) is 4.79 Å². The van der Waals surface area contributed by atoms with Gasteiger partial charge in [-0.3, -0.25) is 0 Å². The minimum atomic E-state index is -0.894. The van der Waals surface area contributed by atoms with Crippen molar-refractivity contribution in [2.75, 3.05) is 13.1 Å². The minimum absolute atomic E-state index is 0.148. The summed E-state index contributed by atoms with van der Waals surface area (Å²) in [6, 6.07) is 0.148. The SMILES string of the molecule is O=C(O)N[C@H]1CNC[C@@H]1C1CC1. The average molecular weight is 170 g/mol. The Labute approximate surface area is 71.3 Å².